The summed E-state index contributed by atoms with van der Waals surface area (Å²) in [5.41, 5.74) is 0.859. The zero-order chi connectivity index (χ0) is 14.4. The van der Waals surface area contributed by atoms with E-state index in [1.54, 1.807) is 36.4 Å². The fraction of sp³-hybridized carbons (Fsp3) is 0. The van der Waals surface area contributed by atoms with E-state index in [2.05, 4.69) is 9.98 Å². The number of aliphatic imine (C=N–C) groups is 2. The van der Waals surface area contributed by atoms with E-state index in [1.165, 1.54) is 24.6 Å². The van der Waals surface area contributed by atoms with Gasteiger partial charge in [-0.2, -0.15) is 9.98 Å². The van der Waals surface area contributed by atoms with Gasteiger partial charge in [-0.1, -0.05) is 24.3 Å². The summed E-state index contributed by atoms with van der Waals surface area (Å²) in [6.07, 6.45) is 2.47. The first-order valence-electron chi connectivity index (χ1n) is 5.85. The molecule has 5 nitrogen and oxygen atoms in total. The number of amides is 2. The Bertz CT molecular complexity index is 621. The highest BCUT2D eigenvalue weighted by atomic mass is 16.3. The molecule has 0 aliphatic carbocycles. The highest BCUT2D eigenvalue weighted by Gasteiger charge is 1.99. The Morgan fingerprint density at radius 2 is 1.20 bits per heavy atom. The molecule has 2 rings (SSSR count). The van der Waals surface area contributed by atoms with Gasteiger partial charge < -0.3 is 10.2 Å². The lowest BCUT2D eigenvalue weighted by molar-refractivity contribution is 0.257. The molecule has 0 spiro atoms. The van der Waals surface area contributed by atoms with Crippen molar-refractivity contribution in [1.82, 2.24) is 0 Å². The molecule has 100 valence electrons. The summed E-state index contributed by atoms with van der Waals surface area (Å²) in [6.45, 7) is 0. The minimum Gasteiger partial charge on any atom is -0.507 e. The zero-order valence-corrected chi connectivity index (χ0v) is 10.5. The number of urea groups is 1. The molecule has 0 aromatic heterocycles. The molecule has 0 radical (unpaired) electrons. The van der Waals surface area contributed by atoms with Crippen molar-refractivity contribution in [3.8, 4) is 11.5 Å². The quantitative estimate of drug-likeness (QED) is 0.821. The van der Waals surface area contributed by atoms with Crippen LogP contribution < -0.4 is 0 Å². The number of phenolic OH excluding ortho intramolecular Hbond substituents is 2. The highest BCUT2D eigenvalue weighted by molar-refractivity contribution is 5.98. The molecule has 20 heavy (non-hydrogen) atoms. The molecule has 0 unspecified atom stereocenters. The second kappa shape index (κ2) is 6.29. The standard InChI is InChI=1S/C15H12N2O3/c18-13-7-3-1-5-11(13)9-16-15(20)17-10-12-6-2-4-8-14(12)19/h1-10,18-19H/b16-9+,17-10+. The molecule has 0 aliphatic heterocycles. The van der Waals surface area contributed by atoms with E-state index in [1.807, 2.05) is 0 Å². The monoisotopic (exact) mass is 268 g/mol. The van der Waals surface area contributed by atoms with Gasteiger partial charge in [0.1, 0.15) is 11.5 Å². The molecule has 0 bridgehead atoms. The van der Waals surface area contributed by atoms with Crippen molar-refractivity contribution < 1.29 is 15.0 Å². The Morgan fingerprint density at radius 3 is 1.60 bits per heavy atom. The van der Waals surface area contributed by atoms with Gasteiger partial charge in [-0.05, 0) is 24.3 Å². The average molecular weight is 268 g/mol. The molecule has 0 aliphatic rings. The number of phenols is 2. The van der Waals surface area contributed by atoms with Gasteiger partial charge in [-0.3, -0.25) is 0 Å². The molecular weight excluding hydrogens is 256 g/mol. The first-order valence-corrected chi connectivity index (χ1v) is 5.85. The number of hydrogen-bond donors (Lipinski definition) is 2. The van der Waals surface area contributed by atoms with Gasteiger partial charge in [0.05, 0.1) is 0 Å². The van der Waals surface area contributed by atoms with E-state index in [-0.39, 0.29) is 11.5 Å². The number of hydrogen-bond acceptors (Lipinski definition) is 3. The van der Waals surface area contributed by atoms with Gasteiger partial charge in [-0.15, -0.1) is 0 Å². The summed E-state index contributed by atoms with van der Waals surface area (Å²) in [7, 11) is 0. The van der Waals surface area contributed by atoms with Crippen molar-refractivity contribution in [3.63, 3.8) is 0 Å². The lowest BCUT2D eigenvalue weighted by atomic mass is 10.2. The largest absolute Gasteiger partial charge is 0.507 e. The average Bonchev–Trinajstić information content (AvgIpc) is 2.45. The van der Waals surface area contributed by atoms with Gasteiger partial charge in [0.25, 0.3) is 0 Å². The summed E-state index contributed by atoms with van der Waals surface area (Å²) < 4.78 is 0. The third-order valence-electron chi connectivity index (χ3n) is 2.50. The van der Waals surface area contributed by atoms with Crippen LogP contribution in [0.5, 0.6) is 11.5 Å². The Kier molecular flexibility index (Phi) is 4.24. The molecule has 2 aromatic rings. The van der Waals surface area contributed by atoms with Crippen LogP contribution in [0.15, 0.2) is 58.5 Å². The van der Waals surface area contributed by atoms with Crippen molar-refractivity contribution >= 4 is 18.5 Å². The first kappa shape index (κ1) is 13.5. The highest BCUT2D eigenvalue weighted by Crippen LogP contribution is 2.14. The predicted molar refractivity (Wildman–Crippen MR) is 76.8 cm³/mol. The van der Waals surface area contributed by atoms with E-state index in [4.69, 9.17) is 0 Å². The molecule has 0 atom stereocenters. The smallest absolute Gasteiger partial charge is 0.366 e. The molecule has 0 saturated carbocycles. The molecule has 5 heteroatoms. The number of carbonyl (C=O) groups excluding carboxylic acids is 1. The Balaban J connectivity index is 2.07. The first-order chi connectivity index (χ1) is 9.66. The Morgan fingerprint density at radius 1 is 0.800 bits per heavy atom. The number of benzene rings is 2. The normalized spacial score (nSPS) is 11.2. The van der Waals surface area contributed by atoms with E-state index in [0.29, 0.717) is 11.1 Å². The summed E-state index contributed by atoms with van der Waals surface area (Å²) in [4.78, 5) is 18.6. The molecule has 2 N–H and O–H groups in total. The maximum absolute atomic E-state index is 11.5. The van der Waals surface area contributed by atoms with Crippen LogP contribution in [0.4, 0.5) is 4.79 Å². The van der Waals surface area contributed by atoms with Crippen LogP contribution in [0.1, 0.15) is 11.1 Å². The van der Waals surface area contributed by atoms with Crippen molar-refractivity contribution in [2.24, 2.45) is 9.98 Å². The number of carbonyl (C=O) groups is 1. The van der Waals surface area contributed by atoms with Crippen LogP contribution in [0.3, 0.4) is 0 Å². The van der Waals surface area contributed by atoms with Crippen LogP contribution in [0.25, 0.3) is 0 Å². The summed E-state index contributed by atoms with van der Waals surface area (Å²) in [5.74, 6) is 0.0717. The minimum absolute atomic E-state index is 0.0359. The molecule has 0 heterocycles. The third kappa shape index (κ3) is 3.52. The predicted octanol–water partition coefficient (Wildman–Crippen LogP) is 2.76. The zero-order valence-electron chi connectivity index (χ0n) is 10.5. The lowest BCUT2D eigenvalue weighted by Crippen LogP contribution is -1.90. The van der Waals surface area contributed by atoms with Crippen molar-refractivity contribution in [3.05, 3.63) is 59.7 Å². The topological polar surface area (TPSA) is 82.2 Å². The second-order valence-electron chi connectivity index (χ2n) is 3.92. The van der Waals surface area contributed by atoms with Crippen molar-refractivity contribution in [1.29, 1.82) is 0 Å². The van der Waals surface area contributed by atoms with Gasteiger partial charge in [0, 0.05) is 23.6 Å². The van der Waals surface area contributed by atoms with Crippen LogP contribution in [0.2, 0.25) is 0 Å². The fourth-order valence-corrected chi connectivity index (χ4v) is 1.48. The second-order valence-corrected chi connectivity index (χ2v) is 3.92. The van der Waals surface area contributed by atoms with E-state index in [9.17, 15) is 15.0 Å². The number of nitrogens with zero attached hydrogens (tertiary/aromatic N) is 2. The van der Waals surface area contributed by atoms with E-state index in [0.717, 1.165) is 0 Å². The van der Waals surface area contributed by atoms with Gasteiger partial charge in [-0.25, -0.2) is 4.79 Å². The summed E-state index contributed by atoms with van der Waals surface area (Å²) in [6, 6.07) is 12.3. The van der Waals surface area contributed by atoms with Crippen LogP contribution in [0, 0.1) is 0 Å². The summed E-state index contributed by atoms with van der Waals surface area (Å²) >= 11 is 0. The minimum atomic E-state index is -0.725. The maximum Gasteiger partial charge on any atom is 0.366 e. The number of para-hydroxylation sites is 2. The SMILES string of the molecule is O=C(/N=C/c1ccccc1O)/N=C/c1ccccc1O. The van der Waals surface area contributed by atoms with Crippen molar-refractivity contribution in [2.45, 2.75) is 0 Å². The van der Waals surface area contributed by atoms with Gasteiger partial charge >= 0.3 is 6.03 Å². The van der Waals surface area contributed by atoms with Crippen LogP contribution in [-0.4, -0.2) is 28.7 Å². The third-order valence-corrected chi connectivity index (χ3v) is 2.50. The molecule has 2 amide bonds. The molecule has 0 saturated heterocycles. The van der Waals surface area contributed by atoms with E-state index >= 15 is 0 Å². The Hall–Kier alpha value is -2.95. The lowest BCUT2D eigenvalue weighted by Gasteiger charge is -1.96. The molecular formula is C15H12N2O3. The molecule has 2 aromatic carbocycles. The van der Waals surface area contributed by atoms with Gasteiger partial charge in [0.15, 0.2) is 0 Å². The molecule has 0 fully saturated rings. The van der Waals surface area contributed by atoms with Crippen LogP contribution in [-0.2, 0) is 0 Å². The number of aromatic hydroxyl groups is 2. The van der Waals surface area contributed by atoms with Crippen LogP contribution >= 0.6 is 0 Å². The van der Waals surface area contributed by atoms with Crippen molar-refractivity contribution in [2.75, 3.05) is 0 Å². The number of rotatable bonds is 2. The fourth-order valence-electron chi connectivity index (χ4n) is 1.48. The van der Waals surface area contributed by atoms with E-state index < -0.39 is 6.03 Å². The van der Waals surface area contributed by atoms with Gasteiger partial charge in [0.2, 0.25) is 0 Å². The summed E-state index contributed by atoms with van der Waals surface area (Å²) in [5, 5.41) is 19.0. The maximum atomic E-state index is 11.5. The Labute approximate surface area is 115 Å².